The third kappa shape index (κ3) is 4.81. The van der Waals surface area contributed by atoms with Gasteiger partial charge in [-0.1, -0.05) is 6.07 Å². The SMILES string of the molecule is O=C(Nc1cccc(F)c1)c1ccnc(Nc2ccc(C(F)(F)F)cc2)c1. The molecule has 4 nitrogen and oxygen atoms in total. The topological polar surface area (TPSA) is 54.0 Å². The van der Waals surface area contributed by atoms with Crippen molar-refractivity contribution in [2.75, 3.05) is 10.6 Å². The van der Waals surface area contributed by atoms with Crippen molar-refractivity contribution in [3.8, 4) is 0 Å². The van der Waals surface area contributed by atoms with Gasteiger partial charge >= 0.3 is 6.18 Å². The fraction of sp³-hybridized carbons (Fsp3) is 0.0526. The molecule has 1 aromatic heterocycles. The Bertz CT molecular complexity index is 956. The van der Waals surface area contributed by atoms with E-state index in [1.54, 1.807) is 6.07 Å². The Hall–Kier alpha value is -3.42. The smallest absolute Gasteiger partial charge is 0.340 e. The molecular weight excluding hydrogens is 362 g/mol. The Morgan fingerprint density at radius 2 is 1.67 bits per heavy atom. The highest BCUT2D eigenvalue weighted by Gasteiger charge is 2.29. The van der Waals surface area contributed by atoms with E-state index in [9.17, 15) is 22.4 Å². The summed E-state index contributed by atoms with van der Waals surface area (Å²) in [6.07, 6.45) is -3.03. The second kappa shape index (κ2) is 7.45. The number of hydrogen-bond acceptors (Lipinski definition) is 3. The molecule has 0 unspecified atom stereocenters. The van der Waals surface area contributed by atoms with Gasteiger partial charge in [0.15, 0.2) is 0 Å². The van der Waals surface area contributed by atoms with Crippen LogP contribution >= 0.6 is 0 Å². The normalized spacial score (nSPS) is 11.1. The van der Waals surface area contributed by atoms with Crippen LogP contribution in [0.4, 0.5) is 34.8 Å². The molecule has 0 aliphatic rings. The van der Waals surface area contributed by atoms with E-state index >= 15 is 0 Å². The molecule has 0 atom stereocenters. The number of anilines is 3. The standard InChI is InChI=1S/C19H13F4N3O/c20-14-2-1-3-16(11-14)26-18(27)12-8-9-24-17(10-12)25-15-6-4-13(5-7-15)19(21,22)23/h1-11H,(H,24,25)(H,26,27). The van der Waals surface area contributed by atoms with Crippen molar-refractivity contribution >= 4 is 23.1 Å². The van der Waals surface area contributed by atoms with Gasteiger partial charge in [-0.05, 0) is 54.6 Å². The Morgan fingerprint density at radius 1 is 0.926 bits per heavy atom. The minimum absolute atomic E-state index is 0.253. The largest absolute Gasteiger partial charge is 0.416 e. The maximum absolute atomic E-state index is 13.2. The first kappa shape index (κ1) is 18.4. The van der Waals surface area contributed by atoms with Crippen molar-refractivity contribution in [3.05, 3.63) is 83.8 Å². The highest BCUT2D eigenvalue weighted by atomic mass is 19.4. The van der Waals surface area contributed by atoms with Gasteiger partial charge in [-0.3, -0.25) is 4.79 Å². The number of nitrogens with zero attached hydrogens (tertiary/aromatic N) is 1. The monoisotopic (exact) mass is 375 g/mol. The first-order chi connectivity index (χ1) is 12.8. The summed E-state index contributed by atoms with van der Waals surface area (Å²) in [5.74, 6) is -0.674. The number of halogens is 4. The van der Waals surface area contributed by atoms with Crippen molar-refractivity contribution in [2.24, 2.45) is 0 Å². The maximum Gasteiger partial charge on any atom is 0.416 e. The molecule has 0 saturated heterocycles. The average Bonchev–Trinajstić information content (AvgIpc) is 2.62. The number of aromatic nitrogens is 1. The lowest BCUT2D eigenvalue weighted by atomic mass is 10.2. The molecule has 8 heteroatoms. The van der Waals surface area contributed by atoms with Gasteiger partial charge in [0.05, 0.1) is 5.56 Å². The summed E-state index contributed by atoms with van der Waals surface area (Å²) in [5, 5.41) is 5.39. The van der Waals surface area contributed by atoms with Crippen LogP contribution in [0, 0.1) is 5.82 Å². The molecular formula is C19H13F4N3O. The van der Waals surface area contributed by atoms with Crippen LogP contribution < -0.4 is 10.6 Å². The van der Waals surface area contributed by atoms with Crippen LogP contribution in [0.3, 0.4) is 0 Å². The third-order valence-corrected chi connectivity index (χ3v) is 3.59. The Labute approximate surface area is 151 Å². The first-order valence-corrected chi connectivity index (χ1v) is 7.78. The van der Waals surface area contributed by atoms with E-state index in [1.165, 1.54) is 48.7 Å². The van der Waals surface area contributed by atoms with Crippen LogP contribution in [0.25, 0.3) is 0 Å². The highest BCUT2D eigenvalue weighted by Crippen LogP contribution is 2.30. The van der Waals surface area contributed by atoms with Gasteiger partial charge in [-0.25, -0.2) is 9.37 Å². The van der Waals surface area contributed by atoms with Crippen molar-refractivity contribution in [3.63, 3.8) is 0 Å². The van der Waals surface area contributed by atoms with Crippen LogP contribution in [0.2, 0.25) is 0 Å². The molecule has 0 aliphatic carbocycles. The van der Waals surface area contributed by atoms with E-state index in [-0.39, 0.29) is 11.4 Å². The second-order valence-electron chi connectivity index (χ2n) is 5.59. The molecule has 0 aliphatic heterocycles. The van der Waals surface area contributed by atoms with Crippen molar-refractivity contribution < 1.29 is 22.4 Å². The summed E-state index contributed by atoms with van der Waals surface area (Å²) in [6, 6.07) is 12.8. The zero-order chi connectivity index (χ0) is 19.4. The van der Waals surface area contributed by atoms with Gasteiger partial charge in [-0.15, -0.1) is 0 Å². The average molecular weight is 375 g/mol. The molecule has 3 aromatic rings. The van der Waals surface area contributed by atoms with Gasteiger partial charge < -0.3 is 10.6 Å². The summed E-state index contributed by atoms with van der Waals surface area (Å²) in [7, 11) is 0. The van der Waals surface area contributed by atoms with Crippen LogP contribution in [0.5, 0.6) is 0 Å². The molecule has 0 radical (unpaired) electrons. The summed E-state index contributed by atoms with van der Waals surface area (Å²) in [6.45, 7) is 0. The van der Waals surface area contributed by atoms with Crippen LogP contribution in [-0.2, 0) is 6.18 Å². The zero-order valence-corrected chi connectivity index (χ0v) is 13.7. The van der Waals surface area contributed by atoms with Crippen LogP contribution in [0.15, 0.2) is 66.9 Å². The van der Waals surface area contributed by atoms with Gasteiger partial charge in [0.1, 0.15) is 11.6 Å². The zero-order valence-electron chi connectivity index (χ0n) is 13.7. The Kier molecular flexibility index (Phi) is 5.07. The molecule has 27 heavy (non-hydrogen) atoms. The summed E-state index contributed by atoms with van der Waals surface area (Å²) >= 11 is 0. The minimum atomic E-state index is -4.41. The second-order valence-corrected chi connectivity index (χ2v) is 5.59. The van der Waals surface area contributed by atoms with Crippen molar-refractivity contribution in [1.29, 1.82) is 0 Å². The maximum atomic E-state index is 13.2. The van der Waals surface area contributed by atoms with Gasteiger partial charge in [0.2, 0.25) is 0 Å². The number of alkyl halides is 3. The van der Waals surface area contributed by atoms with Gasteiger partial charge in [0, 0.05) is 23.1 Å². The van der Waals surface area contributed by atoms with E-state index in [2.05, 4.69) is 15.6 Å². The number of carbonyl (C=O) groups excluding carboxylic acids is 1. The minimum Gasteiger partial charge on any atom is -0.340 e. The molecule has 1 amide bonds. The van der Waals surface area contributed by atoms with Gasteiger partial charge in [-0.2, -0.15) is 13.2 Å². The first-order valence-electron chi connectivity index (χ1n) is 7.78. The lowest BCUT2D eigenvalue weighted by Crippen LogP contribution is -2.12. The molecule has 3 rings (SSSR count). The van der Waals surface area contributed by atoms with Gasteiger partial charge in [0.25, 0.3) is 5.91 Å². The lowest BCUT2D eigenvalue weighted by Gasteiger charge is -2.10. The van der Waals surface area contributed by atoms with Crippen LogP contribution in [-0.4, -0.2) is 10.9 Å². The highest BCUT2D eigenvalue weighted by molar-refractivity contribution is 6.04. The number of amides is 1. The van der Waals surface area contributed by atoms with E-state index < -0.39 is 23.5 Å². The molecule has 0 bridgehead atoms. The van der Waals surface area contributed by atoms with E-state index in [4.69, 9.17) is 0 Å². The molecule has 0 spiro atoms. The number of nitrogens with one attached hydrogen (secondary N) is 2. The molecule has 138 valence electrons. The fourth-order valence-corrected chi connectivity index (χ4v) is 2.30. The number of rotatable bonds is 4. The fourth-order valence-electron chi connectivity index (χ4n) is 2.30. The Balaban J connectivity index is 1.72. The lowest BCUT2D eigenvalue weighted by molar-refractivity contribution is -0.137. The number of benzene rings is 2. The predicted molar refractivity (Wildman–Crippen MR) is 93.3 cm³/mol. The van der Waals surface area contributed by atoms with Crippen molar-refractivity contribution in [2.45, 2.75) is 6.18 Å². The van der Waals surface area contributed by atoms with Crippen molar-refractivity contribution in [1.82, 2.24) is 4.98 Å². The molecule has 2 aromatic carbocycles. The predicted octanol–water partition coefficient (Wildman–Crippen LogP) is 5.24. The summed E-state index contributed by atoms with van der Waals surface area (Å²) in [5.41, 5.74) is 0.181. The van der Waals surface area contributed by atoms with E-state index in [0.29, 0.717) is 11.4 Å². The molecule has 2 N–H and O–H groups in total. The summed E-state index contributed by atoms with van der Waals surface area (Å²) < 4.78 is 51.0. The summed E-state index contributed by atoms with van der Waals surface area (Å²) in [4.78, 5) is 16.3. The Morgan fingerprint density at radius 3 is 2.33 bits per heavy atom. The molecule has 1 heterocycles. The molecule has 0 fully saturated rings. The van der Waals surface area contributed by atoms with Crippen LogP contribution in [0.1, 0.15) is 15.9 Å². The molecule has 0 saturated carbocycles. The number of hydrogen-bond donors (Lipinski definition) is 2. The third-order valence-electron chi connectivity index (χ3n) is 3.59. The van der Waals surface area contributed by atoms with E-state index in [1.807, 2.05) is 0 Å². The number of pyridine rings is 1. The van der Waals surface area contributed by atoms with E-state index in [0.717, 1.165) is 12.1 Å². The quantitative estimate of drug-likeness (QED) is 0.614. The number of carbonyl (C=O) groups is 1.